The highest BCUT2D eigenvalue weighted by Gasteiger charge is 2.20. The molecule has 0 aromatic rings. The highest BCUT2D eigenvalue weighted by atomic mass is 16.5. The number of carbonyl (C=O) groups is 2. The second-order valence-corrected chi connectivity index (χ2v) is 22.1. The number of esters is 1. The van der Waals surface area contributed by atoms with Gasteiger partial charge in [-0.25, -0.2) is 0 Å². The number of unbranched alkanes of at least 4 members (excludes halogenated alkanes) is 43. The Labute approximate surface area is 449 Å². The van der Waals surface area contributed by atoms with Crippen LogP contribution in [0.15, 0.2) is 36.5 Å². The van der Waals surface area contributed by atoms with Crippen LogP contribution in [-0.4, -0.2) is 47.4 Å². The molecule has 6 heteroatoms. The van der Waals surface area contributed by atoms with Gasteiger partial charge in [0.05, 0.1) is 25.4 Å². The summed E-state index contributed by atoms with van der Waals surface area (Å²) < 4.78 is 5.47. The van der Waals surface area contributed by atoms with E-state index in [2.05, 4.69) is 55.6 Å². The van der Waals surface area contributed by atoms with Crippen LogP contribution in [0.25, 0.3) is 0 Å². The number of carbonyl (C=O) groups excluding carboxylic acids is 2. The molecule has 0 saturated carbocycles. The smallest absolute Gasteiger partial charge is 0.305 e. The maximum absolute atomic E-state index is 12.5. The van der Waals surface area contributed by atoms with Gasteiger partial charge < -0.3 is 20.3 Å². The van der Waals surface area contributed by atoms with Crippen molar-refractivity contribution in [1.29, 1.82) is 0 Å². The Bertz CT molecular complexity index is 1170. The zero-order valence-corrected chi connectivity index (χ0v) is 48.4. The van der Waals surface area contributed by atoms with E-state index in [0.717, 1.165) is 57.8 Å². The van der Waals surface area contributed by atoms with E-state index in [1.165, 1.54) is 257 Å². The maximum Gasteiger partial charge on any atom is 0.305 e. The number of amides is 1. The monoisotopic (exact) mass is 1010 g/mol. The molecule has 0 spiro atoms. The molecule has 0 aliphatic rings. The first-order valence-electron chi connectivity index (χ1n) is 32.2. The van der Waals surface area contributed by atoms with E-state index in [1.54, 1.807) is 0 Å². The summed E-state index contributed by atoms with van der Waals surface area (Å²) in [5.74, 6) is -0.0449. The minimum absolute atomic E-state index is 0.00199. The minimum atomic E-state index is -0.672. The molecule has 0 aromatic heterocycles. The lowest BCUT2D eigenvalue weighted by Gasteiger charge is -2.22. The van der Waals surface area contributed by atoms with Crippen LogP contribution in [0.1, 0.15) is 348 Å². The normalized spacial score (nSPS) is 12.8. The number of rotatable bonds is 60. The Morgan fingerprint density at radius 2 is 0.694 bits per heavy atom. The van der Waals surface area contributed by atoms with Crippen molar-refractivity contribution in [1.82, 2.24) is 5.32 Å². The number of nitrogens with one attached hydrogen (secondary N) is 1. The molecule has 2 unspecified atom stereocenters. The topological polar surface area (TPSA) is 95.9 Å². The maximum atomic E-state index is 12.5. The Kier molecular flexibility index (Phi) is 60.0. The van der Waals surface area contributed by atoms with E-state index in [1.807, 2.05) is 0 Å². The molecule has 72 heavy (non-hydrogen) atoms. The third-order valence-electron chi connectivity index (χ3n) is 14.9. The van der Waals surface area contributed by atoms with Gasteiger partial charge in [0.1, 0.15) is 0 Å². The first kappa shape index (κ1) is 70.1. The number of allylic oxidation sites excluding steroid dienone is 6. The molecular weight excluding hydrogens is 887 g/mol. The summed E-state index contributed by atoms with van der Waals surface area (Å²) in [6.45, 7) is 4.95. The second kappa shape index (κ2) is 61.6. The first-order valence-corrected chi connectivity index (χ1v) is 32.2. The molecule has 6 nitrogen and oxygen atoms in total. The van der Waals surface area contributed by atoms with Crippen molar-refractivity contribution in [2.75, 3.05) is 13.2 Å². The van der Waals surface area contributed by atoms with Crippen LogP contribution in [0.5, 0.6) is 0 Å². The van der Waals surface area contributed by atoms with Gasteiger partial charge in [0.2, 0.25) is 5.91 Å². The van der Waals surface area contributed by atoms with E-state index in [-0.39, 0.29) is 18.5 Å². The molecule has 424 valence electrons. The van der Waals surface area contributed by atoms with Gasteiger partial charge in [-0.05, 0) is 83.5 Å². The number of aliphatic hydroxyl groups excluding tert-OH is 2. The molecule has 0 aliphatic carbocycles. The lowest BCUT2D eigenvalue weighted by atomic mass is 10.0. The second-order valence-electron chi connectivity index (χ2n) is 22.1. The molecule has 2 atom stereocenters. The van der Waals surface area contributed by atoms with Crippen LogP contribution in [0.3, 0.4) is 0 Å². The molecule has 0 bridgehead atoms. The van der Waals surface area contributed by atoms with Gasteiger partial charge in [0.25, 0.3) is 0 Å². The van der Waals surface area contributed by atoms with Crippen molar-refractivity contribution in [3.05, 3.63) is 36.5 Å². The summed E-state index contributed by atoms with van der Waals surface area (Å²) in [7, 11) is 0. The summed E-state index contributed by atoms with van der Waals surface area (Å²) in [6.07, 6.45) is 77.3. The Hall–Kier alpha value is -1.92. The fraction of sp³-hybridized carbons (Fsp3) is 0.879. The quantitative estimate of drug-likeness (QED) is 0.0320. The lowest BCUT2D eigenvalue weighted by molar-refractivity contribution is -0.143. The summed E-state index contributed by atoms with van der Waals surface area (Å²) in [5.41, 5.74) is 0. The van der Waals surface area contributed by atoms with Gasteiger partial charge in [-0.2, -0.15) is 0 Å². The molecule has 0 saturated heterocycles. The van der Waals surface area contributed by atoms with E-state index >= 15 is 0 Å². The van der Waals surface area contributed by atoms with Crippen molar-refractivity contribution in [3.63, 3.8) is 0 Å². The third kappa shape index (κ3) is 57.4. The molecule has 0 rings (SSSR count). The fourth-order valence-electron chi connectivity index (χ4n) is 9.96. The van der Waals surface area contributed by atoms with Gasteiger partial charge in [-0.1, -0.05) is 288 Å². The Balaban J connectivity index is 3.46. The lowest BCUT2D eigenvalue weighted by Crippen LogP contribution is -2.45. The average molecular weight is 1010 g/mol. The molecule has 1 amide bonds. The number of hydrogen-bond donors (Lipinski definition) is 3. The highest BCUT2D eigenvalue weighted by Crippen LogP contribution is 2.18. The molecule has 0 aromatic carbocycles. The van der Waals surface area contributed by atoms with Crippen molar-refractivity contribution < 1.29 is 24.5 Å². The third-order valence-corrected chi connectivity index (χ3v) is 14.9. The van der Waals surface area contributed by atoms with Crippen LogP contribution in [0.4, 0.5) is 0 Å². The SMILES string of the molecule is CCCCCC/C=C\CCCCCCCC(=O)OCCCCCCCCCCC/C=C\C/C=C\CCCCCCCCCC(=O)NC(CO)C(O)CCCCCCCCCCCCCCCCCCCCC. The fourth-order valence-corrected chi connectivity index (χ4v) is 9.96. The van der Waals surface area contributed by atoms with Gasteiger partial charge in [0, 0.05) is 12.8 Å². The number of ether oxygens (including phenoxy) is 1. The van der Waals surface area contributed by atoms with Crippen LogP contribution < -0.4 is 5.32 Å². The van der Waals surface area contributed by atoms with Gasteiger partial charge >= 0.3 is 5.97 Å². The van der Waals surface area contributed by atoms with Crippen molar-refractivity contribution in [3.8, 4) is 0 Å². The molecule has 0 radical (unpaired) electrons. The summed E-state index contributed by atoms with van der Waals surface area (Å²) in [4.78, 5) is 24.5. The minimum Gasteiger partial charge on any atom is -0.466 e. The predicted molar refractivity (Wildman–Crippen MR) is 315 cm³/mol. The number of hydrogen-bond acceptors (Lipinski definition) is 5. The Morgan fingerprint density at radius 3 is 1.08 bits per heavy atom. The summed E-state index contributed by atoms with van der Waals surface area (Å²) in [5, 5.41) is 23.4. The standard InChI is InChI=1S/C66H125NO5/c1-3-5-7-9-11-13-15-17-18-19-25-28-31-35-38-42-46-50-54-58-64(69)63(62-68)67-65(70)59-55-51-47-43-39-36-32-29-26-23-21-20-22-24-27-30-33-37-41-45-49-53-57-61-72-66(71)60-56-52-48-44-40-34-16-14-12-10-8-6-4-2/h14,16,20,22-23,26,63-64,68-69H,3-13,15,17-19,21,24-25,27-62H2,1-2H3,(H,67,70)/b16-14-,22-20-,26-23-. The molecule has 3 N–H and O–H groups in total. The molecule has 0 aliphatic heterocycles. The first-order chi connectivity index (χ1) is 35.5. The van der Waals surface area contributed by atoms with E-state index in [4.69, 9.17) is 4.74 Å². The van der Waals surface area contributed by atoms with E-state index in [0.29, 0.717) is 25.9 Å². The summed E-state index contributed by atoms with van der Waals surface area (Å²) in [6, 6.07) is -0.550. The van der Waals surface area contributed by atoms with Crippen LogP contribution in [0.2, 0.25) is 0 Å². The van der Waals surface area contributed by atoms with Gasteiger partial charge in [-0.15, -0.1) is 0 Å². The zero-order valence-electron chi connectivity index (χ0n) is 48.4. The predicted octanol–water partition coefficient (Wildman–Crippen LogP) is 20.4. The van der Waals surface area contributed by atoms with Crippen molar-refractivity contribution in [2.45, 2.75) is 360 Å². The van der Waals surface area contributed by atoms with Gasteiger partial charge in [-0.3, -0.25) is 9.59 Å². The van der Waals surface area contributed by atoms with E-state index < -0.39 is 12.1 Å². The van der Waals surface area contributed by atoms with E-state index in [9.17, 15) is 19.8 Å². The number of aliphatic hydroxyl groups is 2. The Morgan fingerprint density at radius 1 is 0.389 bits per heavy atom. The van der Waals surface area contributed by atoms with Crippen molar-refractivity contribution >= 4 is 11.9 Å². The van der Waals surface area contributed by atoms with Crippen LogP contribution in [0, 0.1) is 0 Å². The van der Waals surface area contributed by atoms with Crippen LogP contribution in [-0.2, 0) is 14.3 Å². The van der Waals surface area contributed by atoms with Crippen LogP contribution >= 0.6 is 0 Å². The molecule has 0 fully saturated rings. The summed E-state index contributed by atoms with van der Waals surface area (Å²) >= 11 is 0. The zero-order chi connectivity index (χ0) is 52.2. The highest BCUT2D eigenvalue weighted by molar-refractivity contribution is 5.76. The van der Waals surface area contributed by atoms with Gasteiger partial charge in [0.15, 0.2) is 0 Å². The van der Waals surface area contributed by atoms with Crippen molar-refractivity contribution in [2.24, 2.45) is 0 Å². The largest absolute Gasteiger partial charge is 0.466 e. The molecular formula is C66H125NO5. The average Bonchev–Trinajstić information content (AvgIpc) is 3.38. The molecule has 0 heterocycles.